The molecule has 0 bridgehead atoms. The zero-order valence-corrected chi connectivity index (χ0v) is 13.2. The molecule has 2 N–H and O–H groups in total. The molecule has 1 aliphatic rings. The van der Waals surface area contributed by atoms with E-state index in [1.165, 1.54) is 6.07 Å². The Morgan fingerprint density at radius 2 is 2.17 bits per heavy atom. The standard InChI is InChI=1S/C19H17NO4/c1-10(9-21)15-7-12-16(24-15)8-14(22)17-18(12)20(2)13-6-4-3-5-11(13)19(17)23/h3-6,8,15,21-22H,1,7,9H2,2H3/t15-/m1/s1. The Bertz CT molecular complexity index is 1060. The minimum Gasteiger partial charge on any atom is -0.507 e. The highest BCUT2D eigenvalue weighted by atomic mass is 16.5. The number of rotatable bonds is 2. The summed E-state index contributed by atoms with van der Waals surface area (Å²) in [4.78, 5) is 12.9. The largest absolute Gasteiger partial charge is 0.507 e. The number of nitrogens with zero attached hydrogens (tertiary/aromatic N) is 1. The third-order valence-corrected chi connectivity index (χ3v) is 4.73. The summed E-state index contributed by atoms with van der Waals surface area (Å²) in [6.07, 6.45) is 0.161. The van der Waals surface area contributed by atoms with Gasteiger partial charge in [0.15, 0.2) is 0 Å². The summed E-state index contributed by atoms with van der Waals surface area (Å²) in [5, 5.41) is 20.6. The summed E-state index contributed by atoms with van der Waals surface area (Å²) in [5.74, 6) is 0.440. The van der Waals surface area contributed by atoms with Crippen LogP contribution in [0.4, 0.5) is 0 Å². The van der Waals surface area contributed by atoms with Crippen molar-refractivity contribution in [3.63, 3.8) is 0 Å². The second-order valence-electron chi connectivity index (χ2n) is 6.13. The summed E-state index contributed by atoms with van der Waals surface area (Å²) in [5.41, 5.74) is 2.70. The van der Waals surface area contributed by atoms with Crippen molar-refractivity contribution in [1.82, 2.24) is 4.57 Å². The maximum absolute atomic E-state index is 12.9. The number of phenols is 1. The quantitative estimate of drug-likeness (QED) is 0.560. The molecule has 24 heavy (non-hydrogen) atoms. The fourth-order valence-electron chi connectivity index (χ4n) is 3.49. The van der Waals surface area contributed by atoms with Gasteiger partial charge in [0, 0.05) is 30.5 Å². The molecule has 5 nitrogen and oxygen atoms in total. The van der Waals surface area contributed by atoms with Crippen LogP contribution in [0.25, 0.3) is 21.8 Å². The van der Waals surface area contributed by atoms with Crippen LogP contribution in [0.15, 0.2) is 47.3 Å². The van der Waals surface area contributed by atoms with E-state index in [0.29, 0.717) is 34.0 Å². The van der Waals surface area contributed by atoms with E-state index >= 15 is 0 Å². The third kappa shape index (κ3) is 1.88. The molecule has 0 spiro atoms. The van der Waals surface area contributed by atoms with E-state index < -0.39 is 0 Å². The molecule has 1 aliphatic heterocycles. The van der Waals surface area contributed by atoms with E-state index in [1.54, 1.807) is 6.07 Å². The molecular weight excluding hydrogens is 306 g/mol. The fourth-order valence-corrected chi connectivity index (χ4v) is 3.49. The summed E-state index contributed by atoms with van der Waals surface area (Å²) >= 11 is 0. The van der Waals surface area contributed by atoms with Crippen molar-refractivity contribution in [2.24, 2.45) is 7.05 Å². The van der Waals surface area contributed by atoms with E-state index in [0.717, 1.165) is 11.1 Å². The Kier molecular flexibility index (Phi) is 3.15. The Morgan fingerprint density at radius 1 is 1.42 bits per heavy atom. The third-order valence-electron chi connectivity index (χ3n) is 4.73. The molecule has 4 rings (SSSR count). The Balaban J connectivity index is 2.11. The van der Waals surface area contributed by atoms with Crippen LogP contribution in [0.3, 0.4) is 0 Å². The van der Waals surface area contributed by atoms with Gasteiger partial charge in [0.05, 0.1) is 23.0 Å². The highest BCUT2D eigenvalue weighted by molar-refractivity contribution is 5.99. The number of fused-ring (bicyclic) bond motifs is 4. The smallest absolute Gasteiger partial charge is 0.200 e. The summed E-state index contributed by atoms with van der Waals surface area (Å²) in [6.45, 7) is 3.66. The molecule has 0 radical (unpaired) electrons. The molecule has 5 heteroatoms. The molecule has 1 aromatic heterocycles. The van der Waals surface area contributed by atoms with Gasteiger partial charge in [0.1, 0.15) is 17.6 Å². The van der Waals surface area contributed by atoms with Crippen molar-refractivity contribution in [1.29, 1.82) is 0 Å². The predicted molar refractivity (Wildman–Crippen MR) is 92.7 cm³/mol. The first kappa shape index (κ1) is 14.8. The Hall–Kier alpha value is -2.79. The molecular formula is C19H17NO4. The van der Waals surface area contributed by atoms with Gasteiger partial charge >= 0.3 is 0 Å². The SMILES string of the molecule is C=C(CO)[C@H]1Cc2c(cc(O)c3c(=O)c4ccccc4n(C)c23)O1. The summed E-state index contributed by atoms with van der Waals surface area (Å²) < 4.78 is 7.74. The van der Waals surface area contributed by atoms with Crippen molar-refractivity contribution in [3.05, 3.63) is 58.3 Å². The number of phenolic OH excluding ortho intramolecular Hbond substituents is 1. The molecule has 1 atom stereocenters. The number of aryl methyl sites for hydroxylation is 1. The topological polar surface area (TPSA) is 71.7 Å². The molecule has 0 amide bonds. The van der Waals surface area contributed by atoms with Gasteiger partial charge in [0.2, 0.25) is 5.43 Å². The molecule has 0 unspecified atom stereocenters. The van der Waals surface area contributed by atoms with Gasteiger partial charge in [-0.15, -0.1) is 0 Å². The van der Waals surface area contributed by atoms with Gasteiger partial charge in [0.25, 0.3) is 0 Å². The summed E-state index contributed by atoms with van der Waals surface area (Å²) in [7, 11) is 1.87. The van der Waals surface area contributed by atoms with Crippen LogP contribution in [-0.4, -0.2) is 27.5 Å². The van der Waals surface area contributed by atoms with Crippen LogP contribution in [0, 0.1) is 0 Å². The average molecular weight is 323 g/mol. The molecule has 0 saturated carbocycles. The van der Waals surface area contributed by atoms with E-state index in [4.69, 9.17) is 4.74 Å². The monoisotopic (exact) mass is 323 g/mol. The van der Waals surface area contributed by atoms with E-state index in [-0.39, 0.29) is 23.9 Å². The van der Waals surface area contributed by atoms with Gasteiger partial charge < -0.3 is 19.5 Å². The van der Waals surface area contributed by atoms with Gasteiger partial charge in [-0.3, -0.25) is 4.79 Å². The Morgan fingerprint density at radius 3 is 2.92 bits per heavy atom. The first-order valence-corrected chi connectivity index (χ1v) is 7.74. The summed E-state index contributed by atoms with van der Waals surface area (Å²) in [6, 6.07) is 8.82. The van der Waals surface area contributed by atoms with Gasteiger partial charge in [-0.2, -0.15) is 0 Å². The molecule has 0 aliphatic carbocycles. The van der Waals surface area contributed by atoms with Crippen LogP contribution in [-0.2, 0) is 13.5 Å². The molecule has 2 aromatic carbocycles. The lowest BCUT2D eigenvalue weighted by atomic mass is 10.00. The minimum absolute atomic E-state index is 0.0923. The number of aromatic nitrogens is 1. The number of aliphatic hydroxyl groups is 1. The average Bonchev–Trinajstić information content (AvgIpc) is 3.01. The van der Waals surface area contributed by atoms with E-state index in [9.17, 15) is 15.0 Å². The maximum atomic E-state index is 12.9. The number of hydrogen-bond acceptors (Lipinski definition) is 4. The van der Waals surface area contributed by atoms with Crippen molar-refractivity contribution in [2.45, 2.75) is 12.5 Å². The number of aromatic hydroxyl groups is 1. The number of ether oxygens (including phenoxy) is 1. The van der Waals surface area contributed by atoms with Gasteiger partial charge in [-0.05, 0) is 17.7 Å². The Labute approximate surface area is 138 Å². The first-order chi connectivity index (χ1) is 11.5. The van der Waals surface area contributed by atoms with E-state index in [1.807, 2.05) is 29.8 Å². The van der Waals surface area contributed by atoms with Crippen LogP contribution in [0.5, 0.6) is 11.5 Å². The van der Waals surface area contributed by atoms with Gasteiger partial charge in [-0.1, -0.05) is 18.7 Å². The second-order valence-corrected chi connectivity index (χ2v) is 6.13. The van der Waals surface area contributed by atoms with Crippen molar-refractivity contribution in [3.8, 4) is 11.5 Å². The fraction of sp³-hybridized carbons (Fsp3) is 0.211. The number of aliphatic hydroxyl groups excluding tert-OH is 1. The highest BCUT2D eigenvalue weighted by Gasteiger charge is 2.30. The van der Waals surface area contributed by atoms with Crippen molar-refractivity contribution < 1.29 is 14.9 Å². The first-order valence-electron chi connectivity index (χ1n) is 7.74. The molecule has 122 valence electrons. The minimum atomic E-state index is -0.350. The lowest BCUT2D eigenvalue weighted by Gasteiger charge is -2.14. The highest BCUT2D eigenvalue weighted by Crippen LogP contribution is 2.40. The number of pyridine rings is 1. The normalized spacial score (nSPS) is 16.3. The lowest BCUT2D eigenvalue weighted by Crippen LogP contribution is -2.17. The number of para-hydroxylation sites is 1. The zero-order valence-electron chi connectivity index (χ0n) is 13.2. The van der Waals surface area contributed by atoms with Crippen molar-refractivity contribution >= 4 is 21.8 Å². The second kappa shape index (κ2) is 5.11. The van der Waals surface area contributed by atoms with Crippen LogP contribution >= 0.6 is 0 Å². The van der Waals surface area contributed by atoms with Gasteiger partial charge in [-0.25, -0.2) is 0 Å². The molecule has 3 aromatic rings. The number of benzene rings is 2. The van der Waals surface area contributed by atoms with E-state index in [2.05, 4.69) is 6.58 Å². The molecule has 0 saturated heterocycles. The zero-order chi connectivity index (χ0) is 17.0. The van der Waals surface area contributed by atoms with Crippen LogP contribution < -0.4 is 10.2 Å². The predicted octanol–water partition coefficient (Wildman–Crippen LogP) is 2.25. The lowest BCUT2D eigenvalue weighted by molar-refractivity contribution is 0.234. The van der Waals surface area contributed by atoms with Crippen molar-refractivity contribution in [2.75, 3.05) is 6.61 Å². The number of hydrogen-bond donors (Lipinski definition) is 2. The van der Waals surface area contributed by atoms with Crippen LogP contribution in [0.2, 0.25) is 0 Å². The van der Waals surface area contributed by atoms with Crippen LogP contribution in [0.1, 0.15) is 5.56 Å². The maximum Gasteiger partial charge on any atom is 0.200 e. The molecule has 2 heterocycles. The molecule has 0 fully saturated rings.